The van der Waals surface area contributed by atoms with Gasteiger partial charge in [-0.2, -0.15) is 0 Å². The van der Waals surface area contributed by atoms with Gasteiger partial charge in [0.15, 0.2) is 0 Å². The van der Waals surface area contributed by atoms with E-state index in [-0.39, 0.29) is 5.78 Å². The maximum absolute atomic E-state index is 12.3. The smallest absolute Gasteiger partial charge is 0.314 e. The van der Waals surface area contributed by atoms with Gasteiger partial charge in [-0.15, -0.1) is 0 Å². The third-order valence-corrected chi connectivity index (χ3v) is 5.59. The molecule has 0 saturated heterocycles. The monoisotopic (exact) mass is 344 g/mol. The van der Waals surface area contributed by atoms with E-state index in [4.69, 9.17) is 0 Å². The SMILES string of the molecule is O=C1CCC(C(=O)O)(c2ccccc2-c2cccc3ccccc23)CC1. The number of Topliss-reactive ketones (excluding diaryl/α,β-unsaturated/α-hetero) is 1. The first-order valence-electron chi connectivity index (χ1n) is 8.94. The second-order valence-electron chi connectivity index (χ2n) is 7.00. The number of hydrogen-bond acceptors (Lipinski definition) is 2. The van der Waals surface area contributed by atoms with E-state index >= 15 is 0 Å². The molecule has 1 fully saturated rings. The van der Waals surface area contributed by atoms with E-state index < -0.39 is 11.4 Å². The lowest BCUT2D eigenvalue weighted by molar-refractivity contribution is -0.146. The van der Waals surface area contributed by atoms with Crippen LogP contribution in [0.4, 0.5) is 0 Å². The van der Waals surface area contributed by atoms with Gasteiger partial charge in [-0.3, -0.25) is 9.59 Å². The van der Waals surface area contributed by atoms with Crippen molar-refractivity contribution in [1.82, 2.24) is 0 Å². The van der Waals surface area contributed by atoms with Crippen molar-refractivity contribution in [1.29, 1.82) is 0 Å². The molecule has 130 valence electrons. The molecule has 0 radical (unpaired) electrons. The molecular weight excluding hydrogens is 324 g/mol. The molecule has 4 rings (SSSR count). The fraction of sp³-hybridized carbons (Fsp3) is 0.217. The second-order valence-corrected chi connectivity index (χ2v) is 7.00. The average Bonchev–Trinajstić information content (AvgIpc) is 2.68. The summed E-state index contributed by atoms with van der Waals surface area (Å²) >= 11 is 0. The number of carbonyl (C=O) groups excluding carboxylic acids is 1. The summed E-state index contributed by atoms with van der Waals surface area (Å²) in [6.45, 7) is 0. The molecular formula is C23H20O3. The van der Waals surface area contributed by atoms with Crippen LogP contribution in [-0.4, -0.2) is 16.9 Å². The van der Waals surface area contributed by atoms with Gasteiger partial charge in [0.1, 0.15) is 5.78 Å². The lowest BCUT2D eigenvalue weighted by Crippen LogP contribution is -2.40. The summed E-state index contributed by atoms with van der Waals surface area (Å²) in [6.07, 6.45) is 1.39. The van der Waals surface area contributed by atoms with Gasteiger partial charge in [0.25, 0.3) is 0 Å². The Labute approximate surface area is 152 Å². The summed E-state index contributed by atoms with van der Waals surface area (Å²) in [6, 6.07) is 22.0. The highest BCUT2D eigenvalue weighted by Crippen LogP contribution is 2.44. The molecule has 1 aliphatic rings. The molecule has 0 atom stereocenters. The second kappa shape index (κ2) is 6.41. The minimum atomic E-state index is -0.999. The van der Waals surface area contributed by atoms with E-state index in [1.165, 1.54) is 0 Å². The van der Waals surface area contributed by atoms with Crippen molar-refractivity contribution in [2.24, 2.45) is 0 Å². The number of rotatable bonds is 3. The van der Waals surface area contributed by atoms with Gasteiger partial charge in [0, 0.05) is 12.8 Å². The van der Waals surface area contributed by atoms with Crippen LogP contribution in [0.5, 0.6) is 0 Å². The molecule has 1 N–H and O–H groups in total. The zero-order chi connectivity index (χ0) is 18.1. The fourth-order valence-corrected chi connectivity index (χ4v) is 4.15. The Hall–Kier alpha value is -2.94. The van der Waals surface area contributed by atoms with Crippen LogP contribution in [0, 0.1) is 0 Å². The van der Waals surface area contributed by atoms with E-state index in [9.17, 15) is 14.7 Å². The molecule has 3 aromatic carbocycles. The number of benzene rings is 3. The molecule has 0 unspecified atom stereocenters. The summed E-state index contributed by atoms with van der Waals surface area (Å²) in [5.74, 6) is -0.679. The van der Waals surface area contributed by atoms with Gasteiger partial charge in [-0.05, 0) is 40.3 Å². The maximum Gasteiger partial charge on any atom is 0.314 e. The van der Waals surface area contributed by atoms with Crippen molar-refractivity contribution in [3.05, 3.63) is 72.3 Å². The van der Waals surface area contributed by atoms with Crippen LogP contribution in [0.3, 0.4) is 0 Å². The van der Waals surface area contributed by atoms with E-state index in [1.807, 2.05) is 48.5 Å². The molecule has 1 saturated carbocycles. The number of carbonyl (C=O) groups is 2. The standard InChI is InChI=1S/C23H20O3/c24-17-12-14-23(15-13-17,22(25)26)21-11-4-3-9-20(21)19-10-5-7-16-6-1-2-8-18(16)19/h1-11H,12-15H2,(H,25,26). The predicted octanol–water partition coefficient (Wildman–Crippen LogP) is 4.97. The molecule has 26 heavy (non-hydrogen) atoms. The summed E-state index contributed by atoms with van der Waals surface area (Å²) in [5.41, 5.74) is 1.80. The highest BCUT2D eigenvalue weighted by Gasteiger charge is 2.44. The quantitative estimate of drug-likeness (QED) is 0.729. The number of hydrogen-bond donors (Lipinski definition) is 1. The van der Waals surface area contributed by atoms with Crippen molar-refractivity contribution < 1.29 is 14.7 Å². The molecule has 0 aliphatic heterocycles. The van der Waals surface area contributed by atoms with Gasteiger partial charge >= 0.3 is 5.97 Å². The van der Waals surface area contributed by atoms with Crippen molar-refractivity contribution in [3.63, 3.8) is 0 Å². The largest absolute Gasteiger partial charge is 0.481 e. The van der Waals surface area contributed by atoms with Crippen molar-refractivity contribution in [2.45, 2.75) is 31.1 Å². The molecule has 1 aliphatic carbocycles. The van der Waals surface area contributed by atoms with Gasteiger partial charge in [-0.25, -0.2) is 0 Å². The Bertz CT molecular complexity index is 988. The lowest BCUT2D eigenvalue weighted by Gasteiger charge is -2.34. The van der Waals surface area contributed by atoms with Crippen LogP contribution in [-0.2, 0) is 15.0 Å². The van der Waals surface area contributed by atoms with Crippen molar-refractivity contribution in [2.75, 3.05) is 0 Å². The molecule has 0 bridgehead atoms. The molecule has 0 spiro atoms. The normalized spacial score (nSPS) is 16.5. The van der Waals surface area contributed by atoms with Gasteiger partial charge in [0.05, 0.1) is 5.41 Å². The molecule has 3 nitrogen and oxygen atoms in total. The van der Waals surface area contributed by atoms with E-state index in [1.54, 1.807) is 0 Å². The van der Waals surface area contributed by atoms with Crippen molar-refractivity contribution in [3.8, 4) is 11.1 Å². The van der Waals surface area contributed by atoms with Gasteiger partial charge in [0.2, 0.25) is 0 Å². The fourth-order valence-electron chi connectivity index (χ4n) is 4.15. The first-order valence-corrected chi connectivity index (χ1v) is 8.94. The minimum absolute atomic E-state index is 0.157. The van der Waals surface area contributed by atoms with Gasteiger partial charge in [-0.1, -0.05) is 66.7 Å². The summed E-state index contributed by atoms with van der Waals surface area (Å²) < 4.78 is 0. The summed E-state index contributed by atoms with van der Waals surface area (Å²) in [7, 11) is 0. The zero-order valence-corrected chi connectivity index (χ0v) is 14.4. The first kappa shape index (κ1) is 16.5. The van der Waals surface area contributed by atoms with Crippen LogP contribution in [0.25, 0.3) is 21.9 Å². The van der Waals surface area contributed by atoms with E-state index in [2.05, 4.69) is 18.2 Å². The number of fused-ring (bicyclic) bond motifs is 1. The lowest BCUT2D eigenvalue weighted by atomic mass is 9.67. The highest BCUT2D eigenvalue weighted by molar-refractivity contribution is 5.99. The van der Waals surface area contributed by atoms with Gasteiger partial charge < -0.3 is 5.11 Å². The Kier molecular flexibility index (Phi) is 4.08. The van der Waals surface area contributed by atoms with Crippen LogP contribution in [0.15, 0.2) is 66.7 Å². The molecule has 3 heteroatoms. The average molecular weight is 344 g/mol. The summed E-state index contributed by atoms with van der Waals surface area (Å²) in [5, 5.41) is 12.3. The molecule has 0 aromatic heterocycles. The number of aliphatic carboxylic acids is 1. The summed E-state index contributed by atoms with van der Waals surface area (Å²) in [4.78, 5) is 24.1. The number of carboxylic acids is 1. The minimum Gasteiger partial charge on any atom is -0.481 e. The Morgan fingerprint density at radius 2 is 1.42 bits per heavy atom. The molecule has 0 heterocycles. The number of ketones is 1. The molecule has 0 amide bonds. The zero-order valence-electron chi connectivity index (χ0n) is 14.4. The van der Waals surface area contributed by atoms with Crippen molar-refractivity contribution >= 4 is 22.5 Å². The number of carboxylic acid groups (broad SMARTS) is 1. The Balaban J connectivity index is 1.95. The highest BCUT2D eigenvalue weighted by atomic mass is 16.4. The van der Waals surface area contributed by atoms with Crippen LogP contribution in [0.1, 0.15) is 31.2 Å². The van der Waals surface area contributed by atoms with Crippen LogP contribution >= 0.6 is 0 Å². The third-order valence-electron chi connectivity index (χ3n) is 5.59. The Morgan fingerprint density at radius 3 is 2.19 bits per heavy atom. The Morgan fingerprint density at radius 1 is 0.808 bits per heavy atom. The van der Waals surface area contributed by atoms with E-state index in [0.29, 0.717) is 25.7 Å². The van der Waals surface area contributed by atoms with Crippen LogP contribution in [0.2, 0.25) is 0 Å². The molecule has 3 aromatic rings. The maximum atomic E-state index is 12.3. The third kappa shape index (κ3) is 2.60. The van der Waals surface area contributed by atoms with E-state index in [0.717, 1.165) is 27.5 Å². The first-order chi connectivity index (χ1) is 12.6. The predicted molar refractivity (Wildman–Crippen MR) is 102 cm³/mol. The van der Waals surface area contributed by atoms with Crippen LogP contribution < -0.4 is 0 Å². The topological polar surface area (TPSA) is 54.4 Å².